The summed E-state index contributed by atoms with van der Waals surface area (Å²) in [6.45, 7) is 24.4. The molecule has 2 heterocycles. The summed E-state index contributed by atoms with van der Waals surface area (Å²) in [5.74, 6) is -6.76. The van der Waals surface area contributed by atoms with Gasteiger partial charge in [0.2, 0.25) is 5.91 Å². The number of ether oxygens (including phenoxy) is 2. The lowest BCUT2D eigenvalue weighted by molar-refractivity contribution is -0.144. The highest BCUT2D eigenvalue weighted by molar-refractivity contribution is 5.82. The summed E-state index contributed by atoms with van der Waals surface area (Å²) in [6, 6.07) is 15.7. The van der Waals surface area contributed by atoms with E-state index in [4.69, 9.17) is 15.2 Å². The Morgan fingerprint density at radius 1 is 0.573 bits per heavy atom. The van der Waals surface area contributed by atoms with Crippen LogP contribution in [0.3, 0.4) is 0 Å². The number of nitrogens with one attached hydrogen (secondary N) is 1. The van der Waals surface area contributed by atoms with Crippen molar-refractivity contribution in [2.45, 2.75) is 146 Å². The molecule has 0 saturated heterocycles. The Hall–Kier alpha value is -7.74. The van der Waals surface area contributed by atoms with Gasteiger partial charge in [0, 0.05) is 54.8 Å². The fourth-order valence-corrected chi connectivity index (χ4v) is 10.6. The van der Waals surface area contributed by atoms with Crippen LogP contribution in [0.5, 0.6) is 0 Å². The molecule has 2 aromatic heterocycles. The molecule has 4 atom stereocenters. The summed E-state index contributed by atoms with van der Waals surface area (Å²) in [5, 5.41) is 12.2. The van der Waals surface area contributed by atoms with Crippen LogP contribution < -0.4 is 22.2 Å². The molecule has 4 N–H and O–H groups in total. The Morgan fingerprint density at radius 3 is 1.35 bits per heavy atom. The minimum Gasteiger partial charge on any atom is -0.480 e. The van der Waals surface area contributed by atoms with Crippen molar-refractivity contribution < 1.29 is 51.3 Å². The van der Waals surface area contributed by atoms with Crippen molar-refractivity contribution in [1.29, 1.82) is 0 Å². The van der Waals surface area contributed by atoms with E-state index < -0.39 is 77.7 Å². The number of nitrogens with zero attached hydrogens (tertiary/aromatic N) is 4. The van der Waals surface area contributed by atoms with E-state index in [1.54, 1.807) is 32.3 Å². The molecule has 0 fully saturated rings. The Morgan fingerprint density at radius 2 is 0.955 bits per heavy atom. The topological polar surface area (TPSA) is 196 Å². The molecule has 19 heteroatoms. The molecule has 6 aromatic rings. The Bertz CT molecular complexity index is 3500. The van der Waals surface area contributed by atoms with Crippen molar-refractivity contribution in [1.82, 2.24) is 24.3 Å². The zero-order valence-electron chi connectivity index (χ0n) is 54.7. The van der Waals surface area contributed by atoms with Crippen molar-refractivity contribution >= 4 is 23.8 Å². The molecule has 15 nitrogen and oxygen atoms in total. The largest absolute Gasteiger partial charge is 0.480 e. The monoisotopic (exact) mass is 1240 g/mol. The standard InChI is InChI=1S/C35H45F2N3O4.C19H21F2NO2.C16H26N2O3/c1-9-44-32(42)19-29(27-17-26(18-28(36)34(27)37)33-22(4)11-10-12-23(33)5)38-35(43)30(15-21(2)3)40-20-25(13-14-39(7)8)24(6)16-31(40)41;1-4-24-17(23)10-16(22)14-8-13(9-15(20)19(14)21)18-11(2)6-5-7-12(18)3;1-11(2)8-14(16(20)21)18-10-13(6-7-17(4)5)12(3)9-15(18)19/h10-12,16-18,20-21,29-30H,9,13-15,19H2,1-8H3,(H,38,43);5-9,16H,4,10,22H2,1-3H3;9-11,14H,6-8H2,1-5H3,(H,20,21)/t29-,30-;16-;/m00./s1. The number of rotatable bonds is 25. The zero-order chi connectivity index (χ0) is 66.7. The fourth-order valence-electron chi connectivity index (χ4n) is 10.6. The fraction of sp³-hybridized carbons (Fsp3) is 0.457. The van der Waals surface area contributed by atoms with Crippen molar-refractivity contribution in [3.05, 3.63) is 185 Å². The van der Waals surface area contributed by atoms with Gasteiger partial charge in [-0.1, -0.05) is 64.1 Å². The van der Waals surface area contributed by atoms with Crippen LogP contribution in [0.1, 0.15) is 147 Å². The molecular formula is C70H92F4N6O9. The third-order valence-corrected chi connectivity index (χ3v) is 15.2. The summed E-state index contributed by atoms with van der Waals surface area (Å²) in [7, 11) is 7.90. The smallest absolute Gasteiger partial charge is 0.326 e. The van der Waals surface area contributed by atoms with Crippen molar-refractivity contribution in [3.63, 3.8) is 0 Å². The van der Waals surface area contributed by atoms with Crippen molar-refractivity contribution in [3.8, 4) is 22.3 Å². The third kappa shape index (κ3) is 21.2. The van der Waals surface area contributed by atoms with Crippen molar-refractivity contribution in [2.24, 2.45) is 17.6 Å². The number of hydrogen-bond acceptors (Lipinski definition) is 11. The number of carboxylic acids is 1. The summed E-state index contributed by atoms with van der Waals surface area (Å²) in [6.07, 6.45) is 5.05. The van der Waals surface area contributed by atoms with Crippen LogP contribution in [-0.2, 0) is 41.5 Å². The molecule has 6 rings (SSSR count). The highest BCUT2D eigenvalue weighted by Gasteiger charge is 2.31. The molecule has 0 spiro atoms. The maximum atomic E-state index is 15.5. The van der Waals surface area contributed by atoms with E-state index in [0.29, 0.717) is 30.4 Å². The number of aliphatic carboxylic acids is 1. The van der Waals surface area contributed by atoms with Gasteiger partial charge in [0.25, 0.3) is 11.1 Å². The predicted molar refractivity (Wildman–Crippen MR) is 343 cm³/mol. The van der Waals surface area contributed by atoms with Crippen LogP contribution in [0.25, 0.3) is 22.3 Å². The van der Waals surface area contributed by atoms with Crippen LogP contribution in [0.4, 0.5) is 17.6 Å². The normalized spacial score (nSPS) is 12.6. The number of esters is 2. The van der Waals surface area contributed by atoms with Gasteiger partial charge >= 0.3 is 17.9 Å². The molecule has 0 bridgehead atoms. The maximum Gasteiger partial charge on any atom is 0.326 e. The first-order valence-electron chi connectivity index (χ1n) is 30.2. The number of carbonyl (C=O) groups excluding carboxylic acids is 3. The van der Waals surface area contributed by atoms with E-state index in [2.05, 4.69) is 10.2 Å². The number of likely N-dealkylation sites (N-methyl/N-ethyl adjacent to an activating group) is 2. The molecule has 484 valence electrons. The predicted octanol–water partition coefficient (Wildman–Crippen LogP) is 12.4. The van der Waals surface area contributed by atoms with E-state index in [-0.39, 0.29) is 53.7 Å². The number of pyridine rings is 2. The molecule has 0 aliphatic carbocycles. The van der Waals surface area contributed by atoms with E-state index in [9.17, 15) is 42.7 Å². The second-order valence-corrected chi connectivity index (χ2v) is 24.1. The van der Waals surface area contributed by atoms with Gasteiger partial charge in [-0.25, -0.2) is 22.4 Å². The number of carbonyl (C=O) groups is 4. The van der Waals surface area contributed by atoms with Gasteiger partial charge in [0.05, 0.1) is 32.1 Å². The van der Waals surface area contributed by atoms with E-state index >= 15 is 8.78 Å². The van der Waals surface area contributed by atoms with Gasteiger partial charge in [0.15, 0.2) is 23.3 Å². The summed E-state index contributed by atoms with van der Waals surface area (Å²) < 4.78 is 71.7. The second kappa shape index (κ2) is 34.3. The average Bonchev–Trinajstić information content (AvgIpc) is 2.13. The highest BCUT2D eigenvalue weighted by Crippen LogP contribution is 2.35. The van der Waals surface area contributed by atoms with Crippen LogP contribution in [0.15, 0.2) is 94.8 Å². The molecule has 0 radical (unpaired) electrons. The van der Waals surface area contributed by atoms with Gasteiger partial charge in [-0.05, 0) is 212 Å². The minimum atomic E-state index is -1.25. The molecule has 4 aromatic carbocycles. The number of nitrogens with two attached hydrogens (primary N) is 1. The number of aromatic nitrogens is 2. The average molecular weight is 1240 g/mol. The third-order valence-electron chi connectivity index (χ3n) is 15.2. The zero-order valence-corrected chi connectivity index (χ0v) is 54.7. The van der Waals surface area contributed by atoms with Gasteiger partial charge in [-0.3, -0.25) is 24.0 Å². The second-order valence-electron chi connectivity index (χ2n) is 24.1. The lowest BCUT2D eigenvalue weighted by Crippen LogP contribution is -2.40. The first-order chi connectivity index (χ1) is 41.8. The molecule has 89 heavy (non-hydrogen) atoms. The SMILES string of the molecule is CCOC(=O)C[C@H](N)c1cc(-c2c(C)cccc2C)cc(F)c1F.CCOC(=O)C[C@H](NC(=O)[C@H](CC(C)C)n1cc(CCN(C)C)c(C)cc1=O)c1cc(-c2c(C)cccc2C)cc(F)c1F.Cc1cc(=O)n(C(CC(C)C)C(=O)O)cc1CCN(C)C. The maximum absolute atomic E-state index is 15.5. The summed E-state index contributed by atoms with van der Waals surface area (Å²) in [4.78, 5) is 79.3. The first kappa shape index (κ1) is 73.7. The minimum absolute atomic E-state index is 0.0224. The van der Waals surface area contributed by atoms with E-state index in [1.165, 1.54) is 27.3 Å². The van der Waals surface area contributed by atoms with Crippen LogP contribution in [0.2, 0.25) is 0 Å². The number of halogens is 4. The highest BCUT2D eigenvalue weighted by atomic mass is 19.2. The molecule has 0 saturated carbocycles. The number of carboxylic acid groups (broad SMARTS) is 1. The molecule has 0 aliphatic heterocycles. The quantitative estimate of drug-likeness (QED) is 0.0363. The number of hydrogen-bond donors (Lipinski definition) is 3. The van der Waals surface area contributed by atoms with Crippen LogP contribution >= 0.6 is 0 Å². The Labute approximate surface area is 522 Å². The van der Waals surface area contributed by atoms with Gasteiger partial charge in [-0.2, -0.15) is 0 Å². The van der Waals surface area contributed by atoms with Gasteiger partial charge in [-0.15, -0.1) is 0 Å². The summed E-state index contributed by atoms with van der Waals surface area (Å²) in [5.41, 5.74) is 15.0. The van der Waals surface area contributed by atoms with E-state index in [0.717, 1.165) is 87.3 Å². The lowest BCUT2D eigenvalue weighted by atomic mass is 9.92. The van der Waals surface area contributed by atoms with Crippen LogP contribution in [0, 0.1) is 76.6 Å². The van der Waals surface area contributed by atoms with Crippen molar-refractivity contribution in [2.75, 3.05) is 54.5 Å². The molecule has 1 unspecified atom stereocenters. The lowest BCUT2D eigenvalue weighted by Gasteiger charge is -2.26. The van der Waals surface area contributed by atoms with Crippen LogP contribution in [-0.4, -0.2) is 102 Å². The molecule has 1 amide bonds. The van der Waals surface area contributed by atoms with Gasteiger partial charge in [0.1, 0.15) is 12.1 Å². The Balaban J connectivity index is 0.000000316. The molecule has 0 aliphatic rings. The number of benzene rings is 4. The molecular weight excluding hydrogens is 1140 g/mol. The van der Waals surface area contributed by atoms with E-state index in [1.807, 2.05) is 139 Å². The van der Waals surface area contributed by atoms with Gasteiger partial charge < -0.3 is 44.6 Å². The first-order valence-corrected chi connectivity index (χ1v) is 30.2. The number of aryl methyl sites for hydroxylation is 6. The summed E-state index contributed by atoms with van der Waals surface area (Å²) >= 11 is 0. The Kier molecular flexibility index (Phi) is 28.4. The number of amides is 1.